The molecule has 8 nitrogen and oxygen atoms in total. The van der Waals surface area contributed by atoms with Crippen LogP contribution < -0.4 is 10.2 Å². The molecular weight excluding hydrogens is 356 g/mol. The molecule has 2 aromatic rings. The Morgan fingerprint density at radius 2 is 2.15 bits per heavy atom. The minimum absolute atomic E-state index is 0.0944. The van der Waals surface area contributed by atoms with Crippen molar-refractivity contribution in [1.29, 1.82) is 0 Å². The highest BCUT2D eigenvalue weighted by Crippen LogP contribution is 2.31. The molecule has 0 radical (unpaired) electrons. The Morgan fingerprint density at radius 1 is 1.42 bits per heavy atom. The lowest BCUT2D eigenvalue weighted by Crippen LogP contribution is -2.43. The van der Waals surface area contributed by atoms with Crippen LogP contribution in [-0.4, -0.2) is 46.1 Å². The van der Waals surface area contributed by atoms with Gasteiger partial charge in [-0.05, 0) is 43.7 Å². The van der Waals surface area contributed by atoms with Crippen LogP contribution in [0.4, 0.5) is 23.1 Å². The number of nitro groups is 1. The van der Waals surface area contributed by atoms with Gasteiger partial charge in [-0.1, -0.05) is 18.5 Å². The van der Waals surface area contributed by atoms with Crippen LogP contribution in [0.25, 0.3) is 0 Å². The highest BCUT2D eigenvalue weighted by atomic mass is 35.5. The van der Waals surface area contributed by atoms with E-state index >= 15 is 0 Å². The molecule has 0 bridgehead atoms. The van der Waals surface area contributed by atoms with E-state index in [0.29, 0.717) is 16.8 Å². The third-order valence-corrected chi connectivity index (χ3v) is 4.82. The van der Waals surface area contributed by atoms with Gasteiger partial charge in [-0.15, -0.1) is 0 Å². The van der Waals surface area contributed by atoms with Crippen molar-refractivity contribution in [3.63, 3.8) is 0 Å². The number of nitrogens with zero attached hydrogens (tertiary/aromatic N) is 5. The van der Waals surface area contributed by atoms with E-state index in [4.69, 9.17) is 11.6 Å². The van der Waals surface area contributed by atoms with Crippen LogP contribution in [0.5, 0.6) is 0 Å². The smallest absolute Gasteiger partial charge is 0.329 e. The van der Waals surface area contributed by atoms with Gasteiger partial charge in [0.2, 0.25) is 11.8 Å². The molecule has 0 spiro atoms. The van der Waals surface area contributed by atoms with Crippen LogP contribution in [0.15, 0.2) is 30.5 Å². The molecule has 9 heteroatoms. The lowest BCUT2D eigenvalue weighted by Gasteiger charge is -2.32. The van der Waals surface area contributed by atoms with Gasteiger partial charge in [0, 0.05) is 24.3 Å². The lowest BCUT2D eigenvalue weighted by molar-refractivity contribution is -0.384. The average Bonchev–Trinajstić information content (AvgIpc) is 3.11. The minimum Gasteiger partial charge on any atom is -0.338 e. The zero-order valence-electron chi connectivity index (χ0n) is 14.7. The van der Waals surface area contributed by atoms with Crippen LogP contribution in [0.1, 0.15) is 19.8 Å². The summed E-state index contributed by atoms with van der Waals surface area (Å²) >= 11 is 5.89. The minimum atomic E-state index is -0.441. The van der Waals surface area contributed by atoms with E-state index in [1.54, 1.807) is 24.3 Å². The van der Waals surface area contributed by atoms with Crippen molar-refractivity contribution >= 4 is 34.7 Å². The Labute approximate surface area is 157 Å². The molecule has 0 saturated carbocycles. The van der Waals surface area contributed by atoms with Crippen molar-refractivity contribution in [1.82, 2.24) is 14.9 Å². The standard InChI is InChI=1S/C17H21ClN6O2/c1-3-23-10-4-5-15(23)22(2)16-14(24(25)26)11-19-17(21-16)20-13-8-6-12(18)7-9-13/h6-9,11,15H,3-5,10H2,1-2H3,(H,19,20,21). The molecule has 26 heavy (non-hydrogen) atoms. The van der Waals surface area contributed by atoms with Crippen molar-refractivity contribution < 1.29 is 4.92 Å². The van der Waals surface area contributed by atoms with Crippen LogP contribution in [-0.2, 0) is 0 Å². The maximum absolute atomic E-state index is 11.4. The first-order valence-corrected chi connectivity index (χ1v) is 8.88. The van der Waals surface area contributed by atoms with Crippen molar-refractivity contribution in [3.05, 3.63) is 45.6 Å². The van der Waals surface area contributed by atoms with E-state index in [1.165, 1.54) is 6.20 Å². The van der Waals surface area contributed by atoms with Gasteiger partial charge in [-0.25, -0.2) is 4.98 Å². The van der Waals surface area contributed by atoms with E-state index in [9.17, 15) is 10.1 Å². The molecule has 1 aromatic carbocycles. The van der Waals surface area contributed by atoms with E-state index in [1.807, 2.05) is 11.9 Å². The Bertz CT molecular complexity index is 785. The van der Waals surface area contributed by atoms with Gasteiger partial charge in [0.05, 0.1) is 11.1 Å². The average molecular weight is 377 g/mol. The fraction of sp³-hybridized carbons (Fsp3) is 0.412. The fourth-order valence-corrected chi connectivity index (χ4v) is 3.36. The normalized spacial score (nSPS) is 17.3. The number of likely N-dealkylation sites (tertiary alicyclic amines) is 1. The molecule has 1 aliphatic heterocycles. The van der Waals surface area contributed by atoms with Crippen LogP contribution in [0, 0.1) is 10.1 Å². The molecule has 1 N–H and O–H groups in total. The number of nitrogens with one attached hydrogen (secondary N) is 1. The molecule has 3 rings (SSSR count). The summed E-state index contributed by atoms with van der Waals surface area (Å²) in [5.41, 5.74) is 0.657. The van der Waals surface area contributed by atoms with E-state index < -0.39 is 4.92 Å². The third-order valence-electron chi connectivity index (χ3n) is 4.56. The Hall–Kier alpha value is -2.45. The summed E-state index contributed by atoms with van der Waals surface area (Å²) in [4.78, 5) is 23.7. The fourth-order valence-electron chi connectivity index (χ4n) is 3.23. The summed E-state index contributed by atoms with van der Waals surface area (Å²) in [6.45, 7) is 3.97. The zero-order chi connectivity index (χ0) is 18.7. The van der Waals surface area contributed by atoms with Crippen molar-refractivity contribution in [2.45, 2.75) is 25.9 Å². The zero-order valence-corrected chi connectivity index (χ0v) is 15.5. The predicted molar refractivity (Wildman–Crippen MR) is 102 cm³/mol. The largest absolute Gasteiger partial charge is 0.338 e. The highest BCUT2D eigenvalue weighted by molar-refractivity contribution is 6.30. The first-order valence-electron chi connectivity index (χ1n) is 8.50. The molecule has 1 aromatic heterocycles. The topological polar surface area (TPSA) is 87.4 Å². The Kier molecular flexibility index (Phi) is 5.53. The highest BCUT2D eigenvalue weighted by Gasteiger charge is 2.31. The van der Waals surface area contributed by atoms with E-state index in [-0.39, 0.29) is 11.9 Å². The van der Waals surface area contributed by atoms with Gasteiger partial charge >= 0.3 is 5.69 Å². The van der Waals surface area contributed by atoms with Gasteiger partial charge in [0.15, 0.2) is 0 Å². The SMILES string of the molecule is CCN1CCCC1N(C)c1nc(Nc2ccc(Cl)cc2)ncc1[N+](=O)[O-]. The quantitative estimate of drug-likeness (QED) is 0.608. The molecule has 1 unspecified atom stereocenters. The van der Waals surface area contributed by atoms with Crippen molar-refractivity contribution in [3.8, 4) is 0 Å². The van der Waals surface area contributed by atoms with Gasteiger partial charge in [0.25, 0.3) is 0 Å². The third kappa shape index (κ3) is 3.86. The summed E-state index contributed by atoms with van der Waals surface area (Å²) in [5.74, 6) is 0.618. The molecule has 0 aliphatic carbocycles. The van der Waals surface area contributed by atoms with Crippen LogP contribution in [0.2, 0.25) is 5.02 Å². The van der Waals surface area contributed by atoms with Crippen LogP contribution >= 0.6 is 11.6 Å². The van der Waals surface area contributed by atoms with Crippen molar-refractivity contribution in [2.75, 3.05) is 30.4 Å². The number of hydrogen-bond donors (Lipinski definition) is 1. The summed E-state index contributed by atoms with van der Waals surface area (Å²) < 4.78 is 0. The van der Waals surface area contributed by atoms with Gasteiger partial charge in [-0.2, -0.15) is 4.98 Å². The summed E-state index contributed by atoms with van der Waals surface area (Å²) in [5, 5.41) is 15.1. The molecule has 1 atom stereocenters. The maximum Gasteiger partial charge on any atom is 0.329 e. The summed E-state index contributed by atoms with van der Waals surface area (Å²) in [6, 6.07) is 7.10. The number of benzene rings is 1. The molecule has 2 heterocycles. The molecule has 1 fully saturated rings. The van der Waals surface area contributed by atoms with E-state index in [2.05, 4.69) is 27.1 Å². The molecule has 1 saturated heterocycles. The number of aromatic nitrogens is 2. The number of anilines is 3. The monoisotopic (exact) mass is 376 g/mol. The molecule has 1 aliphatic rings. The lowest BCUT2D eigenvalue weighted by atomic mass is 10.3. The molecular formula is C17H21ClN6O2. The van der Waals surface area contributed by atoms with Gasteiger partial charge in [0.1, 0.15) is 6.20 Å². The van der Waals surface area contributed by atoms with Crippen molar-refractivity contribution in [2.24, 2.45) is 0 Å². The summed E-state index contributed by atoms with van der Waals surface area (Å²) in [6.07, 6.45) is 3.36. The first-order chi connectivity index (χ1) is 12.5. The maximum atomic E-state index is 11.4. The number of halogens is 1. The Balaban J connectivity index is 1.91. The molecule has 0 amide bonds. The summed E-state index contributed by atoms with van der Waals surface area (Å²) in [7, 11) is 1.85. The van der Waals surface area contributed by atoms with E-state index in [0.717, 1.165) is 31.6 Å². The predicted octanol–water partition coefficient (Wildman–Crippen LogP) is 3.66. The second-order valence-electron chi connectivity index (χ2n) is 6.15. The van der Waals surface area contributed by atoms with Crippen LogP contribution in [0.3, 0.4) is 0 Å². The number of hydrogen-bond acceptors (Lipinski definition) is 7. The molecule has 138 valence electrons. The number of rotatable bonds is 6. The Morgan fingerprint density at radius 3 is 2.81 bits per heavy atom. The van der Waals surface area contributed by atoms with Gasteiger partial charge < -0.3 is 10.2 Å². The second kappa shape index (κ2) is 7.84. The second-order valence-corrected chi connectivity index (χ2v) is 6.59. The van der Waals surface area contributed by atoms with Gasteiger partial charge in [-0.3, -0.25) is 15.0 Å². The first kappa shape index (κ1) is 18.3.